The lowest BCUT2D eigenvalue weighted by Crippen LogP contribution is -2.22. The van der Waals surface area contributed by atoms with E-state index in [1.807, 2.05) is 0 Å². The van der Waals surface area contributed by atoms with Gasteiger partial charge in [0.2, 0.25) is 0 Å². The number of ether oxygens (including phenoxy) is 1. The van der Waals surface area contributed by atoms with Crippen LogP contribution < -0.4 is 10.2 Å². The van der Waals surface area contributed by atoms with E-state index < -0.39 is 35.1 Å². The molecule has 2 rings (SSSR count). The standard InChI is InChI=1S/C18H16F3N3O5/c1-23(2)15-7-6-13(24(27)28)9-14(15)17(26)29-10-16(25)22-12-5-3-4-11(8-12)18(19,20)21/h3-9H,10H2,1-2H3,(H,22,25). The average Bonchev–Trinajstić information content (AvgIpc) is 2.65. The molecule has 29 heavy (non-hydrogen) atoms. The van der Waals surface area contributed by atoms with Crippen molar-refractivity contribution in [2.24, 2.45) is 0 Å². The van der Waals surface area contributed by atoms with Gasteiger partial charge in [-0.15, -0.1) is 0 Å². The highest BCUT2D eigenvalue weighted by Crippen LogP contribution is 2.30. The monoisotopic (exact) mass is 411 g/mol. The molecule has 0 atom stereocenters. The van der Waals surface area contributed by atoms with E-state index in [4.69, 9.17) is 4.74 Å². The quantitative estimate of drug-likeness (QED) is 0.444. The minimum Gasteiger partial charge on any atom is -0.452 e. The Kier molecular flexibility index (Phi) is 6.42. The Morgan fingerprint density at radius 3 is 2.45 bits per heavy atom. The molecule has 0 spiro atoms. The molecular formula is C18H16F3N3O5. The van der Waals surface area contributed by atoms with Crippen LogP contribution in [0.4, 0.5) is 30.2 Å². The maximum absolute atomic E-state index is 12.7. The molecular weight excluding hydrogens is 395 g/mol. The maximum Gasteiger partial charge on any atom is 0.416 e. The van der Waals surface area contributed by atoms with Gasteiger partial charge < -0.3 is 15.0 Å². The molecule has 0 unspecified atom stereocenters. The topological polar surface area (TPSA) is 102 Å². The van der Waals surface area contributed by atoms with Crippen molar-refractivity contribution >= 4 is 28.9 Å². The first-order valence-electron chi connectivity index (χ1n) is 8.09. The molecule has 0 aliphatic heterocycles. The van der Waals surface area contributed by atoms with E-state index in [0.29, 0.717) is 5.69 Å². The summed E-state index contributed by atoms with van der Waals surface area (Å²) in [6.45, 7) is -0.787. The molecule has 0 saturated heterocycles. The Bertz CT molecular complexity index is 945. The smallest absolute Gasteiger partial charge is 0.416 e. The lowest BCUT2D eigenvalue weighted by atomic mass is 10.1. The number of hydrogen-bond donors (Lipinski definition) is 1. The van der Waals surface area contributed by atoms with Crippen LogP contribution >= 0.6 is 0 Å². The number of halogens is 3. The Morgan fingerprint density at radius 2 is 1.86 bits per heavy atom. The summed E-state index contributed by atoms with van der Waals surface area (Å²) >= 11 is 0. The van der Waals surface area contributed by atoms with Gasteiger partial charge in [-0.25, -0.2) is 4.79 Å². The van der Waals surface area contributed by atoms with Crippen molar-refractivity contribution in [3.05, 3.63) is 63.7 Å². The van der Waals surface area contributed by atoms with E-state index >= 15 is 0 Å². The maximum atomic E-state index is 12.7. The number of non-ortho nitro benzene ring substituents is 1. The van der Waals surface area contributed by atoms with Gasteiger partial charge in [-0.05, 0) is 24.3 Å². The van der Waals surface area contributed by atoms with Crippen molar-refractivity contribution in [3.63, 3.8) is 0 Å². The normalized spacial score (nSPS) is 10.9. The molecule has 0 aliphatic rings. The minimum absolute atomic E-state index is 0.120. The Balaban J connectivity index is 2.08. The molecule has 0 aliphatic carbocycles. The van der Waals surface area contributed by atoms with Gasteiger partial charge in [0, 0.05) is 31.9 Å². The molecule has 8 nitrogen and oxygen atoms in total. The number of hydrogen-bond acceptors (Lipinski definition) is 6. The fourth-order valence-corrected chi connectivity index (χ4v) is 2.37. The molecule has 11 heteroatoms. The molecule has 1 amide bonds. The van der Waals surface area contributed by atoms with Crippen LogP contribution in [0.25, 0.3) is 0 Å². The van der Waals surface area contributed by atoms with Crippen LogP contribution in [0.5, 0.6) is 0 Å². The van der Waals surface area contributed by atoms with Gasteiger partial charge in [0.15, 0.2) is 6.61 Å². The molecule has 1 N–H and O–H groups in total. The number of nitro groups is 1. The molecule has 154 valence electrons. The highest BCUT2D eigenvalue weighted by atomic mass is 19.4. The number of alkyl halides is 3. The van der Waals surface area contributed by atoms with E-state index in [1.54, 1.807) is 14.1 Å². The number of amides is 1. The van der Waals surface area contributed by atoms with Crippen LogP contribution in [-0.2, 0) is 15.7 Å². The molecule has 0 bridgehead atoms. The summed E-state index contributed by atoms with van der Waals surface area (Å²) in [5.41, 5.74) is -1.20. The van der Waals surface area contributed by atoms with Crippen LogP contribution in [0, 0.1) is 10.1 Å². The predicted molar refractivity (Wildman–Crippen MR) is 97.8 cm³/mol. The average molecular weight is 411 g/mol. The summed E-state index contributed by atoms with van der Waals surface area (Å²) in [5.74, 6) is -1.86. The van der Waals surface area contributed by atoms with Crippen LogP contribution in [0.3, 0.4) is 0 Å². The van der Waals surface area contributed by atoms with Crippen molar-refractivity contribution in [2.45, 2.75) is 6.18 Å². The summed E-state index contributed by atoms with van der Waals surface area (Å²) in [7, 11) is 3.22. The second-order valence-electron chi connectivity index (χ2n) is 6.06. The summed E-state index contributed by atoms with van der Waals surface area (Å²) in [5, 5.41) is 13.1. The number of nitrogens with one attached hydrogen (secondary N) is 1. The molecule has 0 radical (unpaired) electrons. The molecule has 2 aromatic rings. The van der Waals surface area contributed by atoms with E-state index in [9.17, 15) is 32.9 Å². The third-order valence-electron chi connectivity index (χ3n) is 3.70. The highest BCUT2D eigenvalue weighted by molar-refractivity contribution is 5.99. The third kappa shape index (κ3) is 5.67. The number of anilines is 2. The number of benzene rings is 2. The molecule has 0 aromatic heterocycles. The molecule has 0 fully saturated rings. The van der Waals surface area contributed by atoms with Gasteiger partial charge in [0.1, 0.15) is 0 Å². The Labute approximate surface area is 163 Å². The largest absolute Gasteiger partial charge is 0.452 e. The van der Waals surface area contributed by atoms with Crippen molar-refractivity contribution in [1.29, 1.82) is 0 Å². The lowest BCUT2D eigenvalue weighted by Gasteiger charge is -2.16. The van der Waals surface area contributed by atoms with Crippen molar-refractivity contribution in [3.8, 4) is 0 Å². The number of nitro benzene ring substituents is 1. The fraction of sp³-hybridized carbons (Fsp3) is 0.222. The fourth-order valence-electron chi connectivity index (χ4n) is 2.37. The molecule has 0 saturated carbocycles. The van der Waals surface area contributed by atoms with Gasteiger partial charge in [-0.1, -0.05) is 6.07 Å². The Hall–Kier alpha value is -3.63. The van der Waals surface area contributed by atoms with Gasteiger partial charge in [0.05, 0.1) is 21.7 Å². The first-order chi connectivity index (χ1) is 13.5. The predicted octanol–water partition coefficient (Wildman–Crippen LogP) is 3.48. The number of carbonyl (C=O) groups is 2. The zero-order valence-corrected chi connectivity index (χ0v) is 15.3. The Morgan fingerprint density at radius 1 is 1.17 bits per heavy atom. The van der Waals surface area contributed by atoms with Crippen LogP contribution in [-0.4, -0.2) is 37.5 Å². The van der Waals surface area contributed by atoms with Crippen LogP contribution in [0.15, 0.2) is 42.5 Å². The summed E-state index contributed by atoms with van der Waals surface area (Å²) in [4.78, 5) is 36.0. The van der Waals surface area contributed by atoms with Crippen molar-refractivity contribution < 1.29 is 32.4 Å². The highest BCUT2D eigenvalue weighted by Gasteiger charge is 2.30. The van der Waals surface area contributed by atoms with Gasteiger partial charge in [-0.3, -0.25) is 14.9 Å². The first kappa shape index (κ1) is 21.7. The number of rotatable bonds is 6. The van der Waals surface area contributed by atoms with Gasteiger partial charge in [0.25, 0.3) is 11.6 Å². The number of esters is 1. The summed E-state index contributed by atoms with van der Waals surface area (Å²) in [6, 6.07) is 7.55. The zero-order valence-electron chi connectivity index (χ0n) is 15.3. The van der Waals surface area contributed by atoms with Gasteiger partial charge in [-0.2, -0.15) is 13.2 Å². The SMILES string of the molecule is CN(C)c1ccc([N+](=O)[O-])cc1C(=O)OCC(=O)Nc1cccc(C(F)(F)F)c1. The number of carbonyl (C=O) groups excluding carboxylic acids is 2. The van der Waals surface area contributed by atoms with Crippen LogP contribution in [0.1, 0.15) is 15.9 Å². The van der Waals surface area contributed by atoms with E-state index in [0.717, 1.165) is 24.3 Å². The molecule has 0 heterocycles. The zero-order chi connectivity index (χ0) is 21.8. The minimum atomic E-state index is -4.57. The van der Waals surface area contributed by atoms with E-state index in [2.05, 4.69) is 5.32 Å². The van der Waals surface area contributed by atoms with Crippen molar-refractivity contribution in [1.82, 2.24) is 0 Å². The summed E-state index contributed by atoms with van der Waals surface area (Å²) < 4.78 is 43.0. The van der Waals surface area contributed by atoms with E-state index in [1.165, 1.54) is 23.1 Å². The second kappa shape index (κ2) is 8.59. The summed E-state index contributed by atoms with van der Waals surface area (Å²) in [6.07, 6.45) is -4.57. The first-order valence-corrected chi connectivity index (χ1v) is 8.09. The number of nitrogens with zero attached hydrogens (tertiary/aromatic N) is 2. The lowest BCUT2D eigenvalue weighted by molar-refractivity contribution is -0.384. The van der Waals surface area contributed by atoms with Crippen LogP contribution in [0.2, 0.25) is 0 Å². The van der Waals surface area contributed by atoms with E-state index in [-0.39, 0.29) is 16.9 Å². The molecule has 2 aromatic carbocycles. The van der Waals surface area contributed by atoms with Crippen molar-refractivity contribution in [2.75, 3.05) is 30.9 Å². The third-order valence-corrected chi connectivity index (χ3v) is 3.70. The van der Waals surface area contributed by atoms with Gasteiger partial charge >= 0.3 is 12.1 Å². The second-order valence-corrected chi connectivity index (χ2v) is 6.06.